The number of fused-ring (bicyclic) bond motifs is 1. The molecule has 0 aliphatic carbocycles. The van der Waals surface area contributed by atoms with Crippen LogP contribution in [0.1, 0.15) is 29.5 Å². The molecule has 0 saturated carbocycles. The molecule has 0 saturated heterocycles. The maximum absolute atomic E-state index is 12.5. The molecule has 0 fully saturated rings. The lowest BCUT2D eigenvalue weighted by molar-refractivity contribution is -0.131. The van der Waals surface area contributed by atoms with Gasteiger partial charge in [0.1, 0.15) is 10.8 Å². The molecule has 0 radical (unpaired) electrons. The van der Waals surface area contributed by atoms with E-state index in [0.717, 1.165) is 27.6 Å². The molecular weight excluding hydrogens is 346 g/mol. The molecule has 6 nitrogen and oxygen atoms in total. The minimum atomic E-state index is -0.184. The molecule has 3 rings (SSSR count). The van der Waals surface area contributed by atoms with Crippen molar-refractivity contribution in [2.24, 2.45) is 5.73 Å². The number of aromatic amines is 1. The number of amides is 1. The molecule has 0 aliphatic rings. The molecule has 8 heteroatoms. The second kappa shape index (κ2) is 6.88. The van der Waals surface area contributed by atoms with Gasteiger partial charge < -0.3 is 15.6 Å². The standard InChI is InChI=1S/C16H18ClN5OS/c1-9(16-20-12-4-3-10(17)5-13(12)21-16)22(2)15(23)6-11-8-24-14(7-18)19-11/h3-5,8-9H,6-7,18H2,1-2H3,(H,20,21). The number of aromatic nitrogens is 3. The summed E-state index contributed by atoms with van der Waals surface area (Å²) in [5, 5.41) is 3.36. The average molecular weight is 364 g/mol. The zero-order valence-electron chi connectivity index (χ0n) is 13.4. The Kier molecular flexibility index (Phi) is 4.84. The Morgan fingerprint density at radius 2 is 2.25 bits per heavy atom. The van der Waals surface area contributed by atoms with Crippen molar-refractivity contribution in [1.29, 1.82) is 0 Å². The van der Waals surface area contributed by atoms with Crippen LogP contribution in [-0.2, 0) is 17.8 Å². The quantitative estimate of drug-likeness (QED) is 0.729. The Morgan fingerprint density at radius 3 is 2.96 bits per heavy atom. The maximum atomic E-state index is 12.5. The highest BCUT2D eigenvalue weighted by molar-refractivity contribution is 7.09. The normalized spacial score (nSPS) is 12.5. The van der Waals surface area contributed by atoms with Crippen LogP contribution < -0.4 is 5.73 Å². The number of halogens is 1. The summed E-state index contributed by atoms with van der Waals surface area (Å²) >= 11 is 7.47. The summed E-state index contributed by atoms with van der Waals surface area (Å²) in [6.45, 7) is 2.33. The number of thiazole rings is 1. The van der Waals surface area contributed by atoms with Crippen LogP contribution in [0.4, 0.5) is 0 Å². The van der Waals surface area contributed by atoms with E-state index in [2.05, 4.69) is 15.0 Å². The van der Waals surface area contributed by atoms with Crippen molar-refractivity contribution in [1.82, 2.24) is 19.9 Å². The number of nitrogens with zero attached hydrogens (tertiary/aromatic N) is 3. The van der Waals surface area contributed by atoms with Gasteiger partial charge in [-0.1, -0.05) is 11.6 Å². The number of imidazole rings is 1. The molecular formula is C16H18ClN5OS. The molecule has 3 aromatic rings. The third-order valence-corrected chi connectivity index (χ3v) is 5.09. The fraction of sp³-hybridized carbons (Fsp3) is 0.312. The van der Waals surface area contributed by atoms with Gasteiger partial charge in [-0.25, -0.2) is 9.97 Å². The van der Waals surface area contributed by atoms with Crippen LogP contribution in [0.3, 0.4) is 0 Å². The predicted octanol–water partition coefficient (Wildman–Crippen LogP) is 2.89. The van der Waals surface area contributed by atoms with E-state index in [1.165, 1.54) is 11.3 Å². The summed E-state index contributed by atoms with van der Waals surface area (Å²) in [6, 6.07) is 5.29. The zero-order valence-corrected chi connectivity index (χ0v) is 15.0. The second-order valence-corrected chi connectivity index (χ2v) is 6.96. The summed E-state index contributed by atoms with van der Waals surface area (Å²) in [5.41, 5.74) is 7.99. The molecule has 126 valence electrons. The number of likely N-dealkylation sites (N-methyl/N-ethyl adjacent to an activating group) is 1. The van der Waals surface area contributed by atoms with Crippen LogP contribution in [0.5, 0.6) is 0 Å². The number of nitrogens with two attached hydrogens (primary N) is 1. The summed E-state index contributed by atoms with van der Waals surface area (Å²) in [4.78, 5) is 26.3. The fourth-order valence-electron chi connectivity index (χ4n) is 2.40. The van der Waals surface area contributed by atoms with Gasteiger partial charge in [0.15, 0.2) is 0 Å². The molecule has 0 bridgehead atoms. The number of carbonyl (C=O) groups is 1. The zero-order chi connectivity index (χ0) is 17.3. The van der Waals surface area contributed by atoms with Crippen LogP contribution in [0.25, 0.3) is 11.0 Å². The highest BCUT2D eigenvalue weighted by Gasteiger charge is 2.21. The lowest BCUT2D eigenvalue weighted by Gasteiger charge is -2.23. The Bertz CT molecular complexity index is 874. The molecule has 1 aromatic carbocycles. The third kappa shape index (κ3) is 3.43. The van der Waals surface area contributed by atoms with E-state index in [9.17, 15) is 4.79 Å². The van der Waals surface area contributed by atoms with Gasteiger partial charge in [0, 0.05) is 24.0 Å². The molecule has 3 N–H and O–H groups in total. The lowest BCUT2D eigenvalue weighted by atomic mass is 10.2. The average Bonchev–Trinajstić information content (AvgIpc) is 3.19. The number of rotatable bonds is 5. The topological polar surface area (TPSA) is 87.9 Å². The Morgan fingerprint density at radius 1 is 1.46 bits per heavy atom. The first-order valence-corrected chi connectivity index (χ1v) is 8.78. The second-order valence-electron chi connectivity index (χ2n) is 5.58. The van der Waals surface area contributed by atoms with Crippen LogP contribution in [0.15, 0.2) is 23.6 Å². The summed E-state index contributed by atoms with van der Waals surface area (Å²) in [6.07, 6.45) is 0.253. The van der Waals surface area contributed by atoms with Gasteiger partial charge >= 0.3 is 0 Å². The monoisotopic (exact) mass is 363 g/mol. The fourth-order valence-corrected chi connectivity index (χ4v) is 3.25. The van der Waals surface area contributed by atoms with Gasteiger partial charge in [0.2, 0.25) is 5.91 Å². The van der Waals surface area contributed by atoms with E-state index in [1.54, 1.807) is 18.0 Å². The van der Waals surface area contributed by atoms with Crippen molar-refractivity contribution in [3.05, 3.63) is 45.1 Å². The smallest absolute Gasteiger partial charge is 0.228 e. The van der Waals surface area contributed by atoms with Crippen molar-refractivity contribution in [3.63, 3.8) is 0 Å². The van der Waals surface area contributed by atoms with Gasteiger partial charge in [-0.05, 0) is 25.1 Å². The summed E-state index contributed by atoms with van der Waals surface area (Å²) in [5.74, 6) is 0.707. The van der Waals surface area contributed by atoms with Crippen LogP contribution >= 0.6 is 22.9 Å². The van der Waals surface area contributed by atoms with Crippen molar-refractivity contribution >= 4 is 39.9 Å². The maximum Gasteiger partial charge on any atom is 0.228 e. The molecule has 1 unspecified atom stereocenters. The van der Waals surface area contributed by atoms with E-state index in [-0.39, 0.29) is 18.4 Å². The molecule has 2 aromatic heterocycles. The Hall–Kier alpha value is -1.96. The first-order valence-electron chi connectivity index (χ1n) is 7.52. The van der Waals surface area contributed by atoms with Gasteiger partial charge in [-0.2, -0.15) is 0 Å². The lowest BCUT2D eigenvalue weighted by Crippen LogP contribution is -2.31. The SMILES string of the molecule is CC(c1nc2ccc(Cl)cc2[nH]1)N(C)C(=O)Cc1csc(CN)n1. The van der Waals surface area contributed by atoms with Crippen LogP contribution in [-0.4, -0.2) is 32.8 Å². The van der Waals surface area contributed by atoms with E-state index < -0.39 is 0 Å². The van der Waals surface area contributed by atoms with E-state index in [1.807, 2.05) is 24.4 Å². The number of hydrogen-bond donors (Lipinski definition) is 2. The number of H-pyrrole nitrogens is 1. The van der Waals surface area contributed by atoms with Crippen LogP contribution in [0, 0.1) is 0 Å². The van der Waals surface area contributed by atoms with Gasteiger partial charge in [0.25, 0.3) is 0 Å². The number of carbonyl (C=O) groups excluding carboxylic acids is 1. The van der Waals surface area contributed by atoms with E-state index in [4.69, 9.17) is 17.3 Å². The molecule has 1 atom stereocenters. The first-order chi connectivity index (χ1) is 11.5. The first kappa shape index (κ1) is 16.9. The number of nitrogens with one attached hydrogen (secondary N) is 1. The Labute approximate surface area is 148 Å². The molecule has 2 heterocycles. The van der Waals surface area contributed by atoms with Crippen molar-refractivity contribution < 1.29 is 4.79 Å². The molecule has 0 spiro atoms. The van der Waals surface area contributed by atoms with Gasteiger partial charge in [0.05, 0.1) is 29.2 Å². The Balaban J connectivity index is 1.74. The largest absolute Gasteiger partial charge is 0.340 e. The minimum absolute atomic E-state index is 0.0186. The van der Waals surface area contributed by atoms with E-state index >= 15 is 0 Å². The third-order valence-electron chi connectivity index (χ3n) is 3.94. The molecule has 24 heavy (non-hydrogen) atoms. The molecule has 1 amide bonds. The molecule has 0 aliphatic heterocycles. The van der Waals surface area contributed by atoms with Crippen molar-refractivity contribution in [2.75, 3.05) is 7.05 Å². The number of hydrogen-bond acceptors (Lipinski definition) is 5. The number of benzene rings is 1. The summed E-state index contributed by atoms with van der Waals surface area (Å²) in [7, 11) is 1.77. The van der Waals surface area contributed by atoms with Crippen LogP contribution in [0.2, 0.25) is 5.02 Å². The predicted molar refractivity (Wildman–Crippen MR) is 96.0 cm³/mol. The highest BCUT2D eigenvalue weighted by Crippen LogP contribution is 2.23. The van der Waals surface area contributed by atoms with E-state index in [0.29, 0.717) is 11.6 Å². The van der Waals surface area contributed by atoms with Gasteiger partial charge in [-0.3, -0.25) is 4.79 Å². The van der Waals surface area contributed by atoms with Gasteiger partial charge in [-0.15, -0.1) is 11.3 Å². The minimum Gasteiger partial charge on any atom is -0.340 e. The van der Waals surface area contributed by atoms with Crippen molar-refractivity contribution in [2.45, 2.75) is 25.9 Å². The summed E-state index contributed by atoms with van der Waals surface area (Å²) < 4.78 is 0. The van der Waals surface area contributed by atoms with Crippen molar-refractivity contribution in [3.8, 4) is 0 Å². The highest BCUT2D eigenvalue weighted by atomic mass is 35.5.